The van der Waals surface area contributed by atoms with Crippen molar-refractivity contribution in [3.8, 4) is 11.8 Å². The number of aliphatic hydroxyl groups excluding tert-OH is 2. The van der Waals surface area contributed by atoms with E-state index in [0.717, 1.165) is 44.9 Å². The van der Waals surface area contributed by atoms with E-state index in [0.29, 0.717) is 23.7 Å². The van der Waals surface area contributed by atoms with Gasteiger partial charge >= 0.3 is 0 Å². The van der Waals surface area contributed by atoms with Crippen LogP contribution in [0.2, 0.25) is 0 Å². The van der Waals surface area contributed by atoms with E-state index in [4.69, 9.17) is 4.74 Å². The average molecular weight is 593 g/mol. The van der Waals surface area contributed by atoms with Crippen molar-refractivity contribution < 1.29 is 14.9 Å². The van der Waals surface area contributed by atoms with Gasteiger partial charge in [-0.15, -0.1) is 0 Å². The SMILES string of the molecule is CC1=C(C#CC(C)C/C=C/C(C)C/C=C/CC(C)CCCC(C)/C=C/[C@@]23O[C@]2(C)C[C@@H](O)CC3(C)C)C(C)(C)C[C@H](O)C1. The summed E-state index contributed by atoms with van der Waals surface area (Å²) < 4.78 is 6.31. The molecule has 0 radical (unpaired) electrons. The van der Waals surface area contributed by atoms with Crippen LogP contribution in [-0.2, 0) is 4.74 Å². The Bertz CT molecular complexity index is 1110. The molecule has 0 spiro atoms. The summed E-state index contributed by atoms with van der Waals surface area (Å²) in [6, 6.07) is 0. The molecule has 1 saturated heterocycles. The number of allylic oxidation sites excluding steroid dienone is 6. The molecule has 2 aliphatic carbocycles. The van der Waals surface area contributed by atoms with Crippen LogP contribution in [0.5, 0.6) is 0 Å². The summed E-state index contributed by atoms with van der Waals surface area (Å²) in [6.07, 6.45) is 23.7. The van der Waals surface area contributed by atoms with Crippen molar-refractivity contribution in [2.24, 2.45) is 34.5 Å². The summed E-state index contributed by atoms with van der Waals surface area (Å²) in [5, 5.41) is 20.4. The first-order valence-electron chi connectivity index (χ1n) is 17.3. The van der Waals surface area contributed by atoms with E-state index in [1.165, 1.54) is 30.4 Å². The molecular formula is C40H64O3. The molecule has 1 aliphatic heterocycles. The maximum Gasteiger partial charge on any atom is 0.121 e. The summed E-state index contributed by atoms with van der Waals surface area (Å²) in [4.78, 5) is 0. The quantitative estimate of drug-likeness (QED) is 0.127. The lowest BCUT2D eigenvalue weighted by Gasteiger charge is -2.39. The Morgan fingerprint density at radius 2 is 1.53 bits per heavy atom. The first kappa shape index (κ1) is 35.9. The lowest BCUT2D eigenvalue weighted by Crippen LogP contribution is -2.46. The maximum absolute atomic E-state index is 10.3. The first-order chi connectivity index (χ1) is 20.0. The van der Waals surface area contributed by atoms with Crippen molar-refractivity contribution in [1.82, 2.24) is 0 Å². The van der Waals surface area contributed by atoms with Gasteiger partial charge < -0.3 is 14.9 Å². The topological polar surface area (TPSA) is 53.0 Å². The van der Waals surface area contributed by atoms with Crippen LogP contribution in [-0.4, -0.2) is 33.6 Å². The van der Waals surface area contributed by atoms with Gasteiger partial charge in [0.1, 0.15) is 11.2 Å². The van der Waals surface area contributed by atoms with E-state index in [1.54, 1.807) is 0 Å². The minimum atomic E-state index is -0.254. The first-order valence-corrected chi connectivity index (χ1v) is 17.3. The molecule has 2 N–H and O–H groups in total. The zero-order valence-electron chi connectivity index (χ0n) is 29.3. The van der Waals surface area contributed by atoms with E-state index in [-0.39, 0.29) is 34.2 Å². The molecule has 0 aromatic heterocycles. The predicted octanol–water partition coefficient (Wildman–Crippen LogP) is 9.75. The zero-order chi connectivity index (χ0) is 32.1. The van der Waals surface area contributed by atoms with Crippen molar-refractivity contribution in [1.29, 1.82) is 0 Å². The second-order valence-electron chi connectivity index (χ2n) is 16.2. The van der Waals surface area contributed by atoms with Crippen molar-refractivity contribution in [2.45, 2.75) is 157 Å². The Kier molecular flexibility index (Phi) is 12.2. The molecule has 1 saturated carbocycles. The molecule has 1 heterocycles. The van der Waals surface area contributed by atoms with Crippen LogP contribution < -0.4 is 0 Å². The fourth-order valence-corrected chi connectivity index (χ4v) is 7.94. The monoisotopic (exact) mass is 592 g/mol. The molecule has 43 heavy (non-hydrogen) atoms. The number of aliphatic hydroxyl groups is 2. The van der Waals surface area contributed by atoms with Crippen molar-refractivity contribution >= 4 is 0 Å². The predicted molar refractivity (Wildman–Crippen MR) is 183 cm³/mol. The zero-order valence-corrected chi connectivity index (χ0v) is 29.3. The fraction of sp³-hybridized carbons (Fsp3) is 0.750. The van der Waals surface area contributed by atoms with E-state index in [1.807, 2.05) is 0 Å². The van der Waals surface area contributed by atoms with Gasteiger partial charge in [0.15, 0.2) is 0 Å². The molecule has 0 bridgehead atoms. The number of ether oxygens (including phenoxy) is 1. The van der Waals surface area contributed by atoms with E-state index < -0.39 is 0 Å². The minimum absolute atomic E-state index is 0.0349. The third-order valence-corrected chi connectivity index (χ3v) is 10.5. The third kappa shape index (κ3) is 9.45. The largest absolute Gasteiger partial charge is 0.393 e. The summed E-state index contributed by atoms with van der Waals surface area (Å²) in [7, 11) is 0. The number of rotatable bonds is 13. The van der Waals surface area contributed by atoms with Crippen molar-refractivity contribution in [3.63, 3.8) is 0 Å². The van der Waals surface area contributed by atoms with Crippen LogP contribution >= 0.6 is 0 Å². The van der Waals surface area contributed by atoms with E-state index in [2.05, 4.69) is 118 Å². The Morgan fingerprint density at radius 3 is 2.21 bits per heavy atom. The highest BCUT2D eigenvalue weighted by Gasteiger charge is 2.74. The van der Waals surface area contributed by atoms with Crippen molar-refractivity contribution in [3.05, 3.63) is 47.6 Å². The van der Waals surface area contributed by atoms with Crippen LogP contribution in [0, 0.1) is 46.3 Å². The van der Waals surface area contributed by atoms with Gasteiger partial charge in [0.05, 0.1) is 12.2 Å². The fourth-order valence-electron chi connectivity index (χ4n) is 7.94. The Morgan fingerprint density at radius 1 is 0.837 bits per heavy atom. The van der Waals surface area contributed by atoms with Crippen LogP contribution in [0.3, 0.4) is 0 Å². The maximum atomic E-state index is 10.3. The van der Waals surface area contributed by atoms with Crippen LogP contribution in [0.25, 0.3) is 0 Å². The number of hydrogen-bond acceptors (Lipinski definition) is 3. The third-order valence-electron chi connectivity index (χ3n) is 10.5. The molecule has 0 aromatic rings. The molecule has 3 rings (SSSR count). The molecule has 2 fully saturated rings. The van der Waals surface area contributed by atoms with Gasteiger partial charge in [-0.3, -0.25) is 0 Å². The highest BCUT2D eigenvalue weighted by atomic mass is 16.6. The molecule has 3 heteroatoms. The van der Waals surface area contributed by atoms with Gasteiger partial charge in [0, 0.05) is 28.7 Å². The molecular weight excluding hydrogens is 528 g/mol. The van der Waals surface area contributed by atoms with Gasteiger partial charge in [0.25, 0.3) is 0 Å². The van der Waals surface area contributed by atoms with E-state index >= 15 is 0 Å². The number of fused-ring (bicyclic) bond motifs is 1. The van der Waals surface area contributed by atoms with Gasteiger partial charge in [-0.25, -0.2) is 0 Å². The molecule has 242 valence electrons. The van der Waals surface area contributed by atoms with Crippen LogP contribution in [0.1, 0.15) is 133 Å². The molecule has 0 amide bonds. The minimum Gasteiger partial charge on any atom is -0.393 e. The molecule has 4 unspecified atom stereocenters. The standard InChI is InChI=1S/C40H64O3/c1-29(17-13-19-31(3)21-22-36-33(5)25-34(41)26-37(36,6)7)15-11-12-16-30(2)18-14-20-32(4)23-24-40-38(8,9)27-35(42)28-39(40,10)43-40/h11-13,17,23-24,29-32,34-35,41-42H,14-16,18-20,25-28H2,1-10H3/b12-11+,17-13+,24-23+/t29?,30?,31?,32?,34-,35+,39-,40+/m1/s1. The Balaban J connectivity index is 1.31. The van der Waals surface area contributed by atoms with Gasteiger partial charge in [-0.05, 0) is 76.5 Å². The Hall–Kier alpha value is -1.60. The van der Waals surface area contributed by atoms with Crippen LogP contribution in [0.4, 0.5) is 0 Å². The van der Waals surface area contributed by atoms with Gasteiger partial charge in [-0.2, -0.15) is 0 Å². The Labute approximate surface area is 265 Å². The number of epoxide rings is 1. The summed E-state index contributed by atoms with van der Waals surface area (Å²) in [5.41, 5.74) is 1.99. The second kappa shape index (κ2) is 14.7. The highest BCUT2D eigenvalue weighted by molar-refractivity contribution is 5.40. The smallest absolute Gasteiger partial charge is 0.121 e. The summed E-state index contributed by atoms with van der Waals surface area (Å²) in [5.74, 6) is 9.08. The van der Waals surface area contributed by atoms with Gasteiger partial charge in [-0.1, -0.05) is 122 Å². The molecule has 3 nitrogen and oxygen atoms in total. The summed E-state index contributed by atoms with van der Waals surface area (Å²) >= 11 is 0. The molecule has 0 aromatic carbocycles. The lowest BCUT2D eigenvalue weighted by molar-refractivity contribution is 0.0513. The summed E-state index contributed by atoms with van der Waals surface area (Å²) in [6.45, 7) is 22.4. The average Bonchev–Trinajstić information content (AvgIpc) is 3.49. The van der Waals surface area contributed by atoms with E-state index in [9.17, 15) is 10.2 Å². The molecule has 3 aliphatic rings. The lowest BCUT2D eigenvalue weighted by atomic mass is 9.63. The highest BCUT2D eigenvalue weighted by Crippen LogP contribution is 2.66. The van der Waals surface area contributed by atoms with Crippen LogP contribution in [0.15, 0.2) is 47.6 Å². The van der Waals surface area contributed by atoms with Crippen molar-refractivity contribution in [2.75, 3.05) is 0 Å². The van der Waals surface area contributed by atoms with Gasteiger partial charge in [0.2, 0.25) is 0 Å². The normalized spacial score (nSPS) is 32.8. The number of hydrogen-bond donors (Lipinski definition) is 2. The molecule has 8 atom stereocenters. The second-order valence-corrected chi connectivity index (χ2v) is 16.2.